The van der Waals surface area contributed by atoms with E-state index in [4.69, 9.17) is 0 Å². The van der Waals surface area contributed by atoms with Gasteiger partial charge >= 0.3 is 0 Å². The number of aromatic nitrogens is 3. The molecule has 2 N–H and O–H groups in total. The molecule has 7 heteroatoms. The van der Waals surface area contributed by atoms with Gasteiger partial charge < -0.3 is 0 Å². The highest BCUT2D eigenvalue weighted by molar-refractivity contribution is 6.01. The van der Waals surface area contributed by atoms with Crippen LogP contribution in [-0.2, 0) is 22.6 Å². The molecule has 0 spiro atoms. The number of aryl methyl sites for hydroxylation is 2. The number of carbonyl (C=O) groups is 2. The number of carbonyl (C=O) groups excluding carboxylic acids is 2. The molecule has 3 unspecified atom stereocenters. The predicted octanol–water partition coefficient (Wildman–Crippen LogP) is 3.14. The van der Waals surface area contributed by atoms with E-state index in [-0.39, 0.29) is 18.1 Å². The Bertz CT molecular complexity index is 817. The topological polar surface area (TPSA) is 88.9 Å². The average molecular weight is 430 g/mol. The highest BCUT2D eigenvalue weighted by Gasteiger charge is 2.50. The summed E-state index contributed by atoms with van der Waals surface area (Å²) in [7, 11) is 0. The lowest BCUT2D eigenvalue weighted by atomic mass is 9.88. The molecule has 31 heavy (non-hydrogen) atoms. The average Bonchev–Trinajstić information content (AvgIpc) is 3.28. The molecule has 0 fully saturated rings. The Kier molecular flexibility index (Phi) is 7.81. The van der Waals surface area contributed by atoms with Crippen molar-refractivity contribution >= 4 is 11.6 Å². The van der Waals surface area contributed by atoms with Crippen LogP contribution in [0.1, 0.15) is 84.8 Å². The molecule has 2 heterocycles. The summed E-state index contributed by atoms with van der Waals surface area (Å²) in [6.45, 7) is 9.18. The van der Waals surface area contributed by atoms with E-state index in [9.17, 15) is 9.59 Å². The molecule has 172 valence electrons. The van der Waals surface area contributed by atoms with Gasteiger partial charge in [0, 0.05) is 25.2 Å². The third-order valence-corrected chi connectivity index (χ3v) is 6.94. The molecular formula is C24H39N5O2. The zero-order valence-corrected chi connectivity index (χ0v) is 19.7. The minimum absolute atomic E-state index is 0.116. The molecule has 2 aliphatic rings. The standard InChI is InChI=1S/C24H39N5O2/c1-5-10-19(6-2)26-24-15-18(24)11-12-20-17-29(28-27-20)14-9-8-13-23(4,21(30)7-3)25-16-22(24)31/h15,17,19,25-26H,5-14,16H2,1-4H3. The maximum atomic E-state index is 13.5. The van der Waals surface area contributed by atoms with Crippen molar-refractivity contribution in [3.05, 3.63) is 23.5 Å². The van der Waals surface area contributed by atoms with Crippen LogP contribution in [0.5, 0.6) is 0 Å². The zero-order chi connectivity index (χ0) is 22.5. The summed E-state index contributed by atoms with van der Waals surface area (Å²) < 4.78 is 1.90. The zero-order valence-electron chi connectivity index (χ0n) is 19.7. The Morgan fingerprint density at radius 2 is 2.10 bits per heavy atom. The van der Waals surface area contributed by atoms with Crippen molar-refractivity contribution in [3.63, 3.8) is 0 Å². The molecule has 3 atom stereocenters. The first-order valence-electron chi connectivity index (χ1n) is 12.1. The molecule has 1 aromatic rings. The Hall–Kier alpha value is -1.86. The lowest BCUT2D eigenvalue weighted by molar-refractivity contribution is -0.126. The van der Waals surface area contributed by atoms with Gasteiger partial charge in [-0.15, -0.1) is 5.10 Å². The van der Waals surface area contributed by atoms with Gasteiger partial charge in [0.15, 0.2) is 11.6 Å². The summed E-state index contributed by atoms with van der Waals surface area (Å²) in [5.41, 5.74) is 0.757. The third-order valence-electron chi connectivity index (χ3n) is 6.94. The molecule has 0 radical (unpaired) electrons. The Morgan fingerprint density at radius 1 is 1.29 bits per heavy atom. The summed E-state index contributed by atoms with van der Waals surface area (Å²) >= 11 is 0. The predicted molar refractivity (Wildman–Crippen MR) is 122 cm³/mol. The fourth-order valence-corrected chi connectivity index (χ4v) is 4.73. The van der Waals surface area contributed by atoms with Gasteiger partial charge in [0.25, 0.3) is 0 Å². The fraction of sp³-hybridized carbons (Fsp3) is 0.750. The van der Waals surface area contributed by atoms with Crippen LogP contribution in [0.4, 0.5) is 0 Å². The minimum atomic E-state index is -0.679. The summed E-state index contributed by atoms with van der Waals surface area (Å²) in [6.07, 6.45) is 11.8. The summed E-state index contributed by atoms with van der Waals surface area (Å²) in [6, 6.07) is 0.300. The largest absolute Gasteiger partial charge is 0.298 e. The molecule has 2 bridgehead atoms. The molecule has 1 aromatic heterocycles. The Labute approximate surface area is 186 Å². The minimum Gasteiger partial charge on any atom is -0.298 e. The Balaban J connectivity index is 1.82. The van der Waals surface area contributed by atoms with E-state index in [2.05, 4.69) is 40.9 Å². The molecule has 7 nitrogen and oxygen atoms in total. The van der Waals surface area contributed by atoms with Gasteiger partial charge in [-0.05, 0) is 57.4 Å². The van der Waals surface area contributed by atoms with Crippen molar-refractivity contribution < 1.29 is 9.59 Å². The van der Waals surface area contributed by atoms with E-state index in [0.29, 0.717) is 18.9 Å². The Morgan fingerprint density at radius 3 is 2.81 bits per heavy atom. The quantitative estimate of drug-likeness (QED) is 0.648. The van der Waals surface area contributed by atoms with Gasteiger partial charge in [0.2, 0.25) is 0 Å². The lowest BCUT2D eigenvalue weighted by Crippen LogP contribution is -2.56. The van der Waals surface area contributed by atoms with Crippen LogP contribution < -0.4 is 10.6 Å². The molecular weight excluding hydrogens is 390 g/mol. The molecule has 0 amide bonds. The van der Waals surface area contributed by atoms with Crippen LogP contribution >= 0.6 is 0 Å². The van der Waals surface area contributed by atoms with E-state index >= 15 is 0 Å². The van der Waals surface area contributed by atoms with Gasteiger partial charge in [-0.3, -0.25) is 24.9 Å². The van der Waals surface area contributed by atoms with Crippen molar-refractivity contribution in [1.29, 1.82) is 0 Å². The summed E-state index contributed by atoms with van der Waals surface area (Å²) in [5.74, 6) is 0.279. The van der Waals surface area contributed by atoms with Gasteiger partial charge in [0.05, 0.1) is 17.8 Å². The van der Waals surface area contributed by atoms with E-state index in [1.54, 1.807) is 0 Å². The highest BCUT2D eigenvalue weighted by atomic mass is 16.1. The van der Waals surface area contributed by atoms with Crippen LogP contribution in [0.3, 0.4) is 0 Å². The number of hydrogen-bond acceptors (Lipinski definition) is 6. The molecule has 0 aromatic carbocycles. The van der Waals surface area contributed by atoms with Crippen LogP contribution in [0.2, 0.25) is 0 Å². The SMILES string of the molecule is CCCC(CC)NC12C=C1CCc1cn(nn1)CCCCC(C)(C(=O)CC)NCC2=O. The summed E-state index contributed by atoms with van der Waals surface area (Å²) in [5, 5.41) is 15.6. The monoisotopic (exact) mass is 429 g/mol. The normalized spacial score (nSPS) is 28.1. The van der Waals surface area contributed by atoms with Crippen LogP contribution in [0, 0.1) is 0 Å². The highest BCUT2D eigenvalue weighted by Crippen LogP contribution is 2.40. The number of hydrogen-bond donors (Lipinski definition) is 2. The second kappa shape index (κ2) is 10.2. The lowest BCUT2D eigenvalue weighted by Gasteiger charge is -2.31. The van der Waals surface area contributed by atoms with Crippen molar-refractivity contribution in [3.8, 4) is 0 Å². The maximum Gasteiger partial charge on any atom is 0.174 e. The second-order valence-corrected chi connectivity index (χ2v) is 9.33. The first-order chi connectivity index (χ1) is 14.9. The van der Waals surface area contributed by atoms with Gasteiger partial charge in [-0.25, -0.2) is 0 Å². The number of nitrogens with zero attached hydrogens (tertiary/aromatic N) is 3. The number of fused-ring (bicyclic) bond motifs is 3. The molecule has 0 saturated carbocycles. The van der Waals surface area contributed by atoms with Crippen LogP contribution in [0.25, 0.3) is 0 Å². The first-order valence-corrected chi connectivity index (χ1v) is 12.1. The van der Waals surface area contributed by atoms with Crippen LogP contribution in [-0.4, -0.2) is 50.2 Å². The first kappa shape index (κ1) is 23.8. The number of nitrogens with one attached hydrogen (secondary N) is 2. The maximum absolute atomic E-state index is 13.5. The van der Waals surface area contributed by atoms with Crippen LogP contribution in [0.15, 0.2) is 17.8 Å². The van der Waals surface area contributed by atoms with E-state index in [1.165, 1.54) is 0 Å². The van der Waals surface area contributed by atoms with E-state index < -0.39 is 11.1 Å². The van der Waals surface area contributed by atoms with E-state index in [1.807, 2.05) is 24.7 Å². The number of ketones is 2. The van der Waals surface area contributed by atoms with Crippen molar-refractivity contribution in [1.82, 2.24) is 25.6 Å². The van der Waals surface area contributed by atoms with Gasteiger partial charge in [-0.1, -0.05) is 38.5 Å². The van der Waals surface area contributed by atoms with Crippen molar-refractivity contribution in [2.75, 3.05) is 6.54 Å². The molecule has 1 aliphatic heterocycles. The van der Waals surface area contributed by atoms with Gasteiger partial charge in [0.1, 0.15) is 5.54 Å². The number of rotatable bonds is 7. The van der Waals surface area contributed by atoms with Crippen molar-refractivity contribution in [2.45, 2.75) is 109 Å². The van der Waals surface area contributed by atoms with Gasteiger partial charge in [-0.2, -0.15) is 0 Å². The molecule has 0 saturated heterocycles. The number of Topliss-reactive ketones (excluding diaryl/α,β-unsaturated/α-hetero) is 2. The summed E-state index contributed by atoms with van der Waals surface area (Å²) in [4.78, 5) is 26.2. The second-order valence-electron chi connectivity index (χ2n) is 9.33. The van der Waals surface area contributed by atoms with Crippen molar-refractivity contribution in [2.24, 2.45) is 0 Å². The smallest absolute Gasteiger partial charge is 0.174 e. The molecule has 3 rings (SSSR count). The third kappa shape index (κ3) is 5.50. The molecule has 1 aliphatic carbocycles. The fourth-order valence-electron chi connectivity index (χ4n) is 4.73. The van der Waals surface area contributed by atoms with E-state index in [0.717, 1.165) is 62.8 Å².